The zero-order chi connectivity index (χ0) is 13.1. The van der Waals surface area contributed by atoms with Crippen LogP contribution in [0, 0.1) is 0 Å². The molecule has 18 heavy (non-hydrogen) atoms. The van der Waals surface area contributed by atoms with E-state index in [-0.39, 0.29) is 0 Å². The lowest BCUT2D eigenvalue weighted by molar-refractivity contribution is 0.0696. The molecule has 4 nitrogen and oxygen atoms in total. The van der Waals surface area contributed by atoms with Crippen LogP contribution in [0.25, 0.3) is 0 Å². The topological polar surface area (TPSA) is 52.6 Å². The number of anilines is 1. The van der Waals surface area contributed by atoms with Crippen LogP contribution >= 0.6 is 15.9 Å². The molecule has 1 saturated heterocycles. The fraction of sp³-hybridized carbons (Fsp3) is 0.462. The molecule has 5 heteroatoms. The first kappa shape index (κ1) is 13.4. The minimum absolute atomic E-state index is 0.290. The van der Waals surface area contributed by atoms with E-state index in [2.05, 4.69) is 33.2 Å². The standard InChI is InChI=1S/C13H17BrN2O2/c1-16-6-2-3-10(16)8-15-9-4-5-11(13(17)18)12(14)7-9/h4-5,7,10,15H,2-3,6,8H2,1H3,(H,17,18). The Bertz CT molecular complexity index is 451. The van der Waals surface area contributed by atoms with Crippen molar-refractivity contribution >= 4 is 27.6 Å². The third kappa shape index (κ3) is 3.03. The van der Waals surface area contributed by atoms with Gasteiger partial charge in [-0.05, 0) is 60.6 Å². The van der Waals surface area contributed by atoms with E-state index in [1.807, 2.05) is 12.1 Å². The maximum absolute atomic E-state index is 10.9. The highest BCUT2D eigenvalue weighted by atomic mass is 79.9. The van der Waals surface area contributed by atoms with Crippen molar-refractivity contribution in [3.63, 3.8) is 0 Å². The monoisotopic (exact) mass is 312 g/mol. The largest absolute Gasteiger partial charge is 0.478 e. The van der Waals surface area contributed by atoms with Crippen LogP contribution in [0.2, 0.25) is 0 Å². The van der Waals surface area contributed by atoms with Crippen LogP contribution in [0.15, 0.2) is 22.7 Å². The van der Waals surface area contributed by atoms with Crippen LogP contribution < -0.4 is 5.32 Å². The van der Waals surface area contributed by atoms with Crippen molar-refractivity contribution < 1.29 is 9.90 Å². The maximum Gasteiger partial charge on any atom is 0.336 e. The number of likely N-dealkylation sites (tertiary alicyclic amines) is 1. The van der Waals surface area contributed by atoms with Gasteiger partial charge in [0.25, 0.3) is 0 Å². The van der Waals surface area contributed by atoms with Gasteiger partial charge in [-0.1, -0.05) is 0 Å². The number of nitrogens with one attached hydrogen (secondary N) is 1. The molecule has 1 aliphatic heterocycles. The van der Waals surface area contributed by atoms with Gasteiger partial charge in [0, 0.05) is 22.7 Å². The second kappa shape index (κ2) is 5.71. The summed E-state index contributed by atoms with van der Waals surface area (Å²) in [5.41, 5.74) is 1.24. The fourth-order valence-corrected chi connectivity index (χ4v) is 2.82. The van der Waals surface area contributed by atoms with E-state index in [9.17, 15) is 4.79 Å². The second-order valence-corrected chi connectivity index (χ2v) is 5.51. The Morgan fingerprint density at radius 2 is 2.39 bits per heavy atom. The van der Waals surface area contributed by atoms with Gasteiger partial charge in [-0.25, -0.2) is 4.79 Å². The summed E-state index contributed by atoms with van der Waals surface area (Å²) in [6, 6.07) is 5.82. The molecule has 1 heterocycles. The lowest BCUT2D eigenvalue weighted by atomic mass is 10.2. The summed E-state index contributed by atoms with van der Waals surface area (Å²) in [6.07, 6.45) is 2.47. The molecular weight excluding hydrogens is 296 g/mol. The van der Waals surface area contributed by atoms with E-state index < -0.39 is 5.97 Å². The highest BCUT2D eigenvalue weighted by molar-refractivity contribution is 9.10. The summed E-state index contributed by atoms with van der Waals surface area (Å²) < 4.78 is 0.611. The number of carbonyl (C=O) groups is 1. The van der Waals surface area contributed by atoms with E-state index in [1.54, 1.807) is 6.07 Å². The number of carboxylic acids is 1. The molecule has 1 aromatic rings. The van der Waals surface area contributed by atoms with E-state index in [4.69, 9.17) is 5.11 Å². The molecule has 1 unspecified atom stereocenters. The van der Waals surface area contributed by atoms with Crippen molar-refractivity contribution in [1.82, 2.24) is 4.90 Å². The van der Waals surface area contributed by atoms with Crippen molar-refractivity contribution in [3.05, 3.63) is 28.2 Å². The minimum atomic E-state index is -0.913. The first-order valence-electron chi connectivity index (χ1n) is 6.05. The van der Waals surface area contributed by atoms with Gasteiger partial charge < -0.3 is 15.3 Å². The quantitative estimate of drug-likeness (QED) is 0.897. The number of hydrogen-bond donors (Lipinski definition) is 2. The number of benzene rings is 1. The molecule has 98 valence electrons. The third-order valence-electron chi connectivity index (χ3n) is 3.41. The van der Waals surface area contributed by atoms with E-state index in [1.165, 1.54) is 12.8 Å². The Balaban J connectivity index is 1.98. The molecule has 0 bridgehead atoms. The molecular formula is C13H17BrN2O2. The van der Waals surface area contributed by atoms with E-state index in [0.717, 1.165) is 18.8 Å². The molecule has 1 aliphatic rings. The van der Waals surface area contributed by atoms with Crippen LogP contribution in [0.5, 0.6) is 0 Å². The van der Waals surface area contributed by atoms with Crippen molar-refractivity contribution in [2.24, 2.45) is 0 Å². The summed E-state index contributed by atoms with van der Waals surface area (Å²) in [5, 5.41) is 12.3. The SMILES string of the molecule is CN1CCCC1CNc1ccc(C(=O)O)c(Br)c1. The van der Waals surface area contributed by atoms with E-state index >= 15 is 0 Å². The lowest BCUT2D eigenvalue weighted by Gasteiger charge is -2.20. The zero-order valence-corrected chi connectivity index (χ0v) is 11.9. The predicted octanol–water partition coefficient (Wildman–Crippen LogP) is 2.65. The molecule has 0 saturated carbocycles. The molecule has 0 radical (unpaired) electrons. The Hall–Kier alpha value is -1.07. The first-order valence-corrected chi connectivity index (χ1v) is 6.84. The molecule has 0 aliphatic carbocycles. The molecule has 1 aromatic carbocycles. The number of aromatic carboxylic acids is 1. The van der Waals surface area contributed by atoms with Crippen LogP contribution in [0.1, 0.15) is 23.2 Å². The zero-order valence-electron chi connectivity index (χ0n) is 10.3. The normalized spacial score (nSPS) is 20.0. The fourth-order valence-electron chi connectivity index (χ4n) is 2.27. The van der Waals surface area contributed by atoms with Gasteiger partial charge in [0.15, 0.2) is 0 Å². The first-order chi connectivity index (χ1) is 8.58. The van der Waals surface area contributed by atoms with Crippen LogP contribution in [0.3, 0.4) is 0 Å². The highest BCUT2D eigenvalue weighted by Gasteiger charge is 2.20. The van der Waals surface area contributed by atoms with Crippen molar-refractivity contribution in [3.8, 4) is 0 Å². The van der Waals surface area contributed by atoms with Gasteiger partial charge >= 0.3 is 5.97 Å². The Morgan fingerprint density at radius 3 is 2.94 bits per heavy atom. The third-order valence-corrected chi connectivity index (χ3v) is 4.07. The molecule has 2 rings (SSSR count). The number of carboxylic acid groups (broad SMARTS) is 1. The van der Waals surface area contributed by atoms with Gasteiger partial charge in [0.05, 0.1) is 5.56 Å². The second-order valence-electron chi connectivity index (χ2n) is 4.66. The van der Waals surface area contributed by atoms with Crippen molar-refractivity contribution in [2.45, 2.75) is 18.9 Å². The minimum Gasteiger partial charge on any atom is -0.478 e. The van der Waals surface area contributed by atoms with Crippen LogP contribution in [-0.4, -0.2) is 42.2 Å². The van der Waals surface area contributed by atoms with Gasteiger partial charge in [-0.2, -0.15) is 0 Å². The summed E-state index contributed by atoms with van der Waals surface area (Å²) in [5.74, 6) is -0.913. The summed E-state index contributed by atoms with van der Waals surface area (Å²) in [4.78, 5) is 13.2. The summed E-state index contributed by atoms with van der Waals surface area (Å²) >= 11 is 3.28. The van der Waals surface area contributed by atoms with Crippen LogP contribution in [0.4, 0.5) is 5.69 Å². The molecule has 1 fully saturated rings. The average Bonchev–Trinajstić information content (AvgIpc) is 2.72. The summed E-state index contributed by atoms with van der Waals surface area (Å²) in [7, 11) is 2.14. The maximum atomic E-state index is 10.9. The number of nitrogens with zero attached hydrogens (tertiary/aromatic N) is 1. The van der Waals surface area contributed by atoms with Crippen LogP contribution in [-0.2, 0) is 0 Å². The molecule has 2 N–H and O–H groups in total. The summed E-state index contributed by atoms with van der Waals surface area (Å²) in [6.45, 7) is 2.06. The number of halogens is 1. The highest BCUT2D eigenvalue weighted by Crippen LogP contribution is 2.22. The average molecular weight is 313 g/mol. The molecule has 1 atom stereocenters. The van der Waals surface area contributed by atoms with Crippen molar-refractivity contribution in [2.75, 3.05) is 25.5 Å². The lowest BCUT2D eigenvalue weighted by Crippen LogP contribution is -2.31. The Labute approximate surface area is 115 Å². The molecule has 0 aromatic heterocycles. The van der Waals surface area contributed by atoms with Gasteiger partial charge in [0.2, 0.25) is 0 Å². The number of rotatable bonds is 4. The Kier molecular flexibility index (Phi) is 4.24. The van der Waals surface area contributed by atoms with E-state index in [0.29, 0.717) is 16.1 Å². The molecule has 0 amide bonds. The van der Waals surface area contributed by atoms with Gasteiger partial charge in [-0.3, -0.25) is 0 Å². The van der Waals surface area contributed by atoms with Gasteiger partial charge in [0.1, 0.15) is 0 Å². The predicted molar refractivity (Wildman–Crippen MR) is 75.2 cm³/mol. The van der Waals surface area contributed by atoms with Crippen molar-refractivity contribution in [1.29, 1.82) is 0 Å². The Morgan fingerprint density at radius 1 is 1.61 bits per heavy atom. The van der Waals surface area contributed by atoms with Gasteiger partial charge in [-0.15, -0.1) is 0 Å². The number of hydrogen-bond acceptors (Lipinski definition) is 3. The molecule has 0 spiro atoms. The smallest absolute Gasteiger partial charge is 0.336 e. The number of likely N-dealkylation sites (N-methyl/N-ethyl adjacent to an activating group) is 1.